The molecule has 0 aliphatic rings. The Morgan fingerprint density at radius 1 is 1.16 bits per heavy atom. The number of halogens is 2. The van der Waals surface area contributed by atoms with E-state index in [0.717, 1.165) is 39.2 Å². The number of benzene rings is 2. The molecule has 2 aromatic carbocycles. The van der Waals surface area contributed by atoms with Crippen LogP contribution in [0.1, 0.15) is 12.0 Å². The molecule has 1 nitrogen and oxygen atoms in total. The molecule has 3 heteroatoms. The van der Waals surface area contributed by atoms with Crippen LogP contribution in [-0.2, 0) is 0 Å². The zero-order valence-corrected chi connectivity index (χ0v) is 13.2. The van der Waals surface area contributed by atoms with Gasteiger partial charge in [0.2, 0.25) is 0 Å². The summed E-state index contributed by atoms with van der Waals surface area (Å²) in [6, 6.07) is 14.0. The quantitative estimate of drug-likeness (QED) is 0.518. The first kappa shape index (κ1) is 14.4. The second kappa shape index (κ2) is 6.97. The third-order valence-corrected chi connectivity index (χ3v) is 3.67. The van der Waals surface area contributed by atoms with Gasteiger partial charge in [-0.15, -0.1) is 0 Å². The number of para-hydroxylation sites is 1. The van der Waals surface area contributed by atoms with Crippen LogP contribution in [0.25, 0.3) is 11.1 Å². The fourth-order valence-electron chi connectivity index (χ4n) is 1.96. The summed E-state index contributed by atoms with van der Waals surface area (Å²) in [5.41, 5.74) is 3.33. The Morgan fingerprint density at radius 3 is 2.68 bits per heavy atom. The maximum absolute atomic E-state index is 6.07. The Bertz CT molecular complexity index is 554. The van der Waals surface area contributed by atoms with Gasteiger partial charge in [-0.05, 0) is 36.6 Å². The molecule has 0 aliphatic heterocycles. The maximum atomic E-state index is 6.07. The van der Waals surface area contributed by atoms with Gasteiger partial charge in [-0.2, -0.15) is 0 Å². The van der Waals surface area contributed by atoms with E-state index in [0.29, 0.717) is 6.61 Å². The summed E-state index contributed by atoms with van der Waals surface area (Å²) in [5.74, 6) is 0.950. The smallest absolute Gasteiger partial charge is 0.130 e. The number of alkyl halides is 1. The molecule has 0 saturated heterocycles. The van der Waals surface area contributed by atoms with Crippen LogP contribution < -0.4 is 4.74 Å². The van der Waals surface area contributed by atoms with Crippen molar-refractivity contribution < 1.29 is 4.74 Å². The van der Waals surface area contributed by atoms with Crippen LogP contribution >= 0.6 is 27.5 Å². The SMILES string of the molecule is Cc1cccc(-c2cccc(Cl)c2)c1OCCCBr. The van der Waals surface area contributed by atoms with E-state index >= 15 is 0 Å². The normalized spacial score (nSPS) is 10.5. The van der Waals surface area contributed by atoms with Crippen molar-refractivity contribution in [2.75, 3.05) is 11.9 Å². The van der Waals surface area contributed by atoms with Crippen molar-refractivity contribution in [2.45, 2.75) is 13.3 Å². The van der Waals surface area contributed by atoms with Crippen molar-refractivity contribution in [1.29, 1.82) is 0 Å². The first-order valence-electron chi connectivity index (χ1n) is 6.26. The highest BCUT2D eigenvalue weighted by Gasteiger charge is 2.09. The molecule has 0 atom stereocenters. The third-order valence-electron chi connectivity index (χ3n) is 2.87. The first-order valence-corrected chi connectivity index (χ1v) is 7.76. The van der Waals surface area contributed by atoms with Crippen LogP contribution in [0.4, 0.5) is 0 Å². The summed E-state index contributed by atoms with van der Waals surface area (Å²) < 4.78 is 5.93. The number of hydrogen-bond donors (Lipinski definition) is 0. The molecule has 19 heavy (non-hydrogen) atoms. The Kier molecular flexibility index (Phi) is 5.29. The molecule has 100 valence electrons. The van der Waals surface area contributed by atoms with Crippen molar-refractivity contribution in [3.8, 4) is 16.9 Å². The Hall–Kier alpha value is -0.990. The van der Waals surface area contributed by atoms with Crippen molar-refractivity contribution in [3.05, 3.63) is 53.1 Å². The second-order valence-corrected chi connectivity index (χ2v) is 5.58. The lowest BCUT2D eigenvalue weighted by Gasteiger charge is -2.14. The van der Waals surface area contributed by atoms with Crippen LogP contribution in [0, 0.1) is 6.92 Å². The van der Waals surface area contributed by atoms with E-state index in [4.69, 9.17) is 16.3 Å². The van der Waals surface area contributed by atoms with E-state index in [9.17, 15) is 0 Å². The molecular formula is C16H16BrClO. The highest BCUT2D eigenvalue weighted by molar-refractivity contribution is 9.09. The lowest BCUT2D eigenvalue weighted by atomic mass is 10.0. The number of rotatable bonds is 5. The van der Waals surface area contributed by atoms with Gasteiger partial charge in [0.25, 0.3) is 0 Å². The van der Waals surface area contributed by atoms with Gasteiger partial charge < -0.3 is 4.74 Å². The van der Waals surface area contributed by atoms with E-state index in [2.05, 4.69) is 41.1 Å². The summed E-state index contributed by atoms with van der Waals surface area (Å²) >= 11 is 9.48. The Balaban J connectivity index is 2.36. The zero-order chi connectivity index (χ0) is 13.7. The van der Waals surface area contributed by atoms with Gasteiger partial charge in [-0.3, -0.25) is 0 Å². The summed E-state index contributed by atoms with van der Waals surface area (Å²) in [5, 5.41) is 1.69. The molecule has 0 N–H and O–H groups in total. The highest BCUT2D eigenvalue weighted by Crippen LogP contribution is 2.34. The molecule has 0 aromatic heterocycles. The van der Waals surface area contributed by atoms with Crippen molar-refractivity contribution >= 4 is 27.5 Å². The van der Waals surface area contributed by atoms with Crippen LogP contribution in [0.2, 0.25) is 5.02 Å². The van der Waals surface area contributed by atoms with Crippen LogP contribution in [0.5, 0.6) is 5.75 Å². The molecule has 0 amide bonds. The second-order valence-electron chi connectivity index (χ2n) is 4.35. The molecule has 0 spiro atoms. The van der Waals surface area contributed by atoms with E-state index in [1.54, 1.807) is 0 Å². The fraction of sp³-hybridized carbons (Fsp3) is 0.250. The Morgan fingerprint density at radius 2 is 1.95 bits per heavy atom. The van der Waals surface area contributed by atoms with Gasteiger partial charge in [0, 0.05) is 15.9 Å². The summed E-state index contributed by atoms with van der Waals surface area (Å²) in [7, 11) is 0. The number of aryl methyl sites for hydroxylation is 1. The van der Waals surface area contributed by atoms with E-state index in [1.807, 2.05) is 24.3 Å². The standard InChI is InChI=1S/C16H16BrClO/c1-12-5-2-8-15(16(12)19-10-4-9-17)13-6-3-7-14(18)11-13/h2-3,5-8,11H,4,9-10H2,1H3. The molecular weight excluding hydrogens is 324 g/mol. The van der Waals surface area contributed by atoms with E-state index in [1.165, 1.54) is 0 Å². The minimum Gasteiger partial charge on any atom is -0.493 e. The van der Waals surface area contributed by atoms with Crippen LogP contribution in [0.15, 0.2) is 42.5 Å². The molecule has 0 unspecified atom stereocenters. The lowest BCUT2D eigenvalue weighted by molar-refractivity contribution is 0.318. The topological polar surface area (TPSA) is 9.23 Å². The number of hydrogen-bond acceptors (Lipinski definition) is 1. The average molecular weight is 340 g/mol. The number of ether oxygens (including phenoxy) is 1. The van der Waals surface area contributed by atoms with Gasteiger partial charge in [0.15, 0.2) is 0 Å². The molecule has 0 fully saturated rings. The molecule has 0 saturated carbocycles. The lowest BCUT2D eigenvalue weighted by Crippen LogP contribution is -2.01. The largest absolute Gasteiger partial charge is 0.493 e. The minimum atomic E-state index is 0.712. The summed E-state index contributed by atoms with van der Waals surface area (Å²) in [6.45, 7) is 2.78. The van der Waals surface area contributed by atoms with Gasteiger partial charge in [-0.1, -0.05) is 57.9 Å². The predicted molar refractivity (Wildman–Crippen MR) is 85.5 cm³/mol. The van der Waals surface area contributed by atoms with Crippen molar-refractivity contribution in [2.24, 2.45) is 0 Å². The highest BCUT2D eigenvalue weighted by atomic mass is 79.9. The summed E-state index contributed by atoms with van der Waals surface area (Å²) in [6.07, 6.45) is 0.989. The fourth-order valence-corrected chi connectivity index (χ4v) is 2.38. The maximum Gasteiger partial charge on any atom is 0.130 e. The van der Waals surface area contributed by atoms with E-state index in [-0.39, 0.29) is 0 Å². The van der Waals surface area contributed by atoms with E-state index < -0.39 is 0 Å². The van der Waals surface area contributed by atoms with Crippen LogP contribution in [0.3, 0.4) is 0 Å². The average Bonchev–Trinajstić information content (AvgIpc) is 2.41. The van der Waals surface area contributed by atoms with Crippen LogP contribution in [-0.4, -0.2) is 11.9 Å². The van der Waals surface area contributed by atoms with Crippen molar-refractivity contribution in [1.82, 2.24) is 0 Å². The van der Waals surface area contributed by atoms with Gasteiger partial charge in [-0.25, -0.2) is 0 Å². The summed E-state index contributed by atoms with van der Waals surface area (Å²) in [4.78, 5) is 0. The molecule has 0 bridgehead atoms. The predicted octanol–water partition coefficient (Wildman–Crippen LogP) is 5.48. The first-order chi connectivity index (χ1) is 9.22. The molecule has 0 radical (unpaired) electrons. The Labute approximate surface area is 127 Å². The third kappa shape index (κ3) is 3.74. The molecule has 0 heterocycles. The van der Waals surface area contributed by atoms with Crippen molar-refractivity contribution in [3.63, 3.8) is 0 Å². The molecule has 0 aliphatic carbocycles. The monoisotopic (exact) mass is 338 g/mol. The van der Waals surface area contributed by atoms with Gasteiger partial charge in [0.05, 0.1) is 6.61 Å². The minimum absolute atomic E-state index is 0.712. The van der Waals surface area contributed by atoms with Gasteiger partial charge >= 0.3 is 0 Å². The van der Waals surface area contributed by atoms with Gasteiger partial charge in [0.1, 0.15) is 5.75 Å². The molecule has 2 rings (SSSR count). The molecule has 2 aromatic rings. The zero-order valence-electron chi connectivity index (χ0n) is 10.8.